The van der Waals surface area contributed by atoms with Crippen molar-refractivity contribution < 1.29 is 4.74 Å². The zero-order chi connectivity index (χ0) is 21.3. The van der Waals surface area contributed by atoms with Gasteiger partial charge in [0.15, 0.2) is 5.96 Å². The van der Waals surface area contributed by atoms with Crippen molar-refractivity contribution in [2.24, 2.45) is 4.99 Å². The van der Waals surface area contributed by atoms with Crippen molar-refractivity contribution in [2.75, 3.05) is 44.2 Å². The van der Waals surface area contributed by atoms with Gasteiger partial charge in [0.25, 0.3) is 0 Å². The maximum Gasteiger partial charge on any atom is 0.225 e. The fourth-order valence-electron chi connectivity index (χ4n) is 4.22. The number of piperazine rings is 1. The van der Waals surface area contributed by atoms with E-state index in [9.17, 15) is 0 Å². The van der Waals surface area contributed by atoms with E-state index < -0.39 is 0 Å². The van der Waals surface area contributed by atoms with Crippen molar-refractivity contribution in [2.45, 2.75) is 45.1 Å². The Morgan fingerprint density at radius 2 is 1.77 bits per heavy atom. The second-order valence-corrected chi connectivity index (χ2v) is 8.18. The smallest absolute Gasteiger partial charge is 0.225 e. The minimum Gasteiger partial charge on any atom is -0.490 e. The van der Waals surface area contributed by atoms with E-state index in [-0.39, 0.29) is 0 Å². The molecule has 1 saturated carbocycles. The van der Waals surface area contributed by atoms with Gasteiger partial charge in [-0.05, 0) is 62.8 Å². The molecule has 1 saturated heterocycles. The molecule has 31 heavy (non-hydrogen) atoms. The number of anilines is 1. The molecule has 2 heterocycles. The first-order valence-corrected chi connectivity index (χ1v) is 11.6. The van der Waals surface area contributed by atoms with Crippen molar-refractivity contribution in [3.05, 3.63) is 48.3 Å². The molecule has 7 heteroatoms. The van der Waals surface area contributed by atoms with Crippen LogP contribution in [0.3, 0.4) is 0 Å². The Morgan fingerprint density at radius 3 is 2.45 bits per heavy atom. The third-order valence-electron chi connectivity index (χ3n) is 5.94. The lowest BCUT2D eigenvalue weighted by Crippen LogP contribution is -2.53. The predicted octanol–water partition coefficient (Wildman–Crippen LogP) is 3.13. The number of hydrogen-bond donors (Lipinski definition) is 1. The van der Waals surface area contributed by atoms with Crippen LogP contribution in [0.1, 0.15) is 38.2 Å². The third kappa shape index (κ3) is 6.09. The standard InChI is InChI=1S/C24H34N6O/c1-2-25-23(29-16-18-30(19-17-29)24-26-13-5-14-27-24)28-15-12-20-8-10-22(11-9-20)31-21-6-3-4-7-21/h5,8-11,13-14,21H,2-4,6-7,12,15-19H2,1H3,(H,25,28). The SMILES string of the molecule is CCNC(=NCCc1ccc(OC2CCCC2)cc1)N1CCN(c2ncccn2)CC1. The van der Waals surface area contributed by atoms with Gasteiger partial charge < -0.3 is 19.9 Å². The van der Waals surface area contributed by atoms with E-state index in [1.807, 2.05) is 6.07 Å². The number of nitrogens with zero attached hydrogens (tertiary/aromatic N) is 5. The van der Waals surface area contributed by atoms with Crippen LogP contribution in [0, 0.1) is 0 Å². The van der Waals surface area contributed by atoms with Crippen LogP contribution in [0.2, 0.25) is 0 Å². The summed E-state index contributed by atoms with van der Waals surface area (Å²) in [6.45, 7) is 7.39. The maximum absolute atomic E-state index is 6.07. The molecule has 0 atom stereocenters. The van der Waals surface area contributed by atoms with E-state index in [0.29, 0.717) is 6.10 Å². The van der Waals surface area contributed by atoms with Crippen molar-refractivity contribution in [3.63, 3.8) is 0 Å². The molecule has 4 rings (SSSR count). The van der Waals surface area contributed by atoms with E-state index in [1.54, 1.807) is 12.4 Å². The highest BCUT2D eigenvalue weighted by molar-refractivity contribution is 5.80. The molecule has 0 bridgehead atoms. The van der Waals surface area contributed by atoms with Gasteiger partial charge in [-0.2, -0.15) is 0 Å². The maximum atomic E-state index is 6.07. The van der Waals surface area contributed by atoms with E-state index in [0.717, 1.165) is 63.3 Å². The molecule has 0 unspecified atom stereocenters. The Bertz CT molecular complexity index is 812. The molecular weight excluding hydrogens is 388 g/mol. The van der Waals surface area contributed by atoms with Crippen LogP contribution in [-0.4, -0.2) is 66.2 Å². The predicted molar refractivity (Wildman–Crippen MR) is 125 cm³/mol. The quantitative estimate of drug-likeness (QED) is 0.546. The number of rotatable bonds is 7. The Kier molecular flexibility index (Phi) is 7.58. The molecule has 7 nitrogen and oxygen atoms in total. The van der Waals surface area contributed by atoms with Crippen LogP contribution in [0.25, 0.3) is 0 Å². The minimum absolute atomic E-state index is 0.409. The van der Waals surface area contributed by atoms with Gasteiger partial charge in [-0.25, -0.2) is 9.97 Å². The van der Waals surface area contributed by atoms with Crippen LogP contribution in [-0.2, 0) is 6.42 Å². The van der Waals surface area contributed by atoms with Gasteiger partial charge in [-0.15, -0.1) is 0 Å². The largest absolute Gasteiger partial charge is 0.490 e. The molecule has 0 spiro atoms. The monoisotopic (exact) mass is 422 g/mol. The number of aromatic nitrogens is 2. The van der Waals surface area contributed by atoms with Crippen LogP contribution in [0.5, 0.6) is 5.75 Å². The third-order valence-corrected chi connectivity index (χ3v) is 5.94. The summed E-state index contributed by atoms with van der Waals surface area (Å²) in [6.07, 6.45) is 9.91. The molecule has 0 amide bonds. The van der Waals surface area contributed by atoms with Crippen LogP contribution in [0.15, 0.2) is 47.7 Å². The van der Waals surface area contributed by atoms with E-state index in [1.165, 1.54) is 31.2 Å². The lowest BCUT2D eigenvalue weighted by Gasteiger charge is -2.36. The molecule has 166 valence electrons. The van der Waals surface area contributed by atoms with Crippen molar-refractivity contribution in [1.29, 1.82) is 0 Å². The number of ether oxygens (including phenoxy) is 1. The summed E-state index contributed by atoms with van der Waals surface area (Å²) in [5.41, 5.74) is 1.30. The Hall–Kier alpha value is -2.83. The minimum atomic E-state index is 0.409. The van der Waals surface area contributed by atoms with Crippen LogP contribution >= 0.6 is 0 Å². The zero-order valence-corrected chi connectivity index (χ0v) is 18.5. The molecular formula is C24H34N6O. The Balaban J connectivity index is 1.27. The molecule has 1 N–H and O–H groups in total. The second kappa shape index (κ2) is 11.0. The van der Waals surface area contributed by atoms with E-state index in [2.05, 4.69) is 56.3 Å². The average molecular weight is 423 g/mol. The van der Waals surface area contributed by atoms with Crippen LogP contribution < -0.4 is 15.0 Å². The summed E-state index contributed by atoms with van der Waals surface area (Å²) in [4.78, 5) is 18.2. The van der Waals surface area contributed by atoms with Gasteiger partial charge in [0, 0.05) is 51.7 Å². The molecule has 2 aromatic rings. The van der Waals surface area contributed by atoms with Crippen LogP contribution in [0.4, 0.5) is 5.95 Å². The topological polar surface area (TPSA) is 65.9 Å². The van der Waals surface area contributed by atoms with Gasteiger partial charge in [-0.3, -0.25) is 4.99 Å². The number of guanidine groups is 1. The molecule has 1 aromatic heterocycles. The van der Waals surface area contributed by atoms with Crippen molar-refractivity contribution in [3.8, 4) is 5.75 Å². The van der Waals surface area contributed by atoms with E-state index >= 15 is 0 Å². The highest BCUT2D eigenvalue weighted by Gasteiger charge is 2.21. The summed E-state index contributed by atoms with van der Waals surface area (Å²) in [6, 6.07) is 10.4. The zero-order valence-electron chi connectivity index (χ0n) is 18.5. The summed E-state index contributed by atoms with van der Waals surface area (Å²) in [5.74, 6) is 2.80. The molecule has 2 fully saturated rings. The summed E-state index contributed by atoms with van der Waals surface area (Å²) < 4.78 is 6.07. The number of aliphatic imine (C=N–C) groups is 1. The highest BCUT2D eigenvalue weighted by atomic mass is 16.5. The lowest BCUT2D eigenvalue weighted by atomic mass is 10.1. The first-order valence-electron chi connectivity index (χ1n) is 11.6. The summed E-state index contributed by atoms with van der Waals surface area (Å²) >= 11 is 0. The van der Waals surface area contributed by atoms with Gasteiger partial charge in [0.05, 0.1) is 6.10 Å². The van der Waals surface area contributed by atoms with Gasteiger partial charge in [0.2, 0.25) is 5.95 Å². The number of nitrogens with one attached hydrogen (secondary N) is 1. The number of benzene rings is 1. The molecule has 1 aliphatic carbocycles. The fourth-order valence-corrected chi connectivity index (χ4v) is 4.22. The van der Waals surface area contributed by atoms with Crippen molar-refractivity contribution in [1.82, 2.24) is 20.2 Å². The highest BCUT2D eigenvalue weighted by Crippen LogP contribution is 2.24. The second-order valence-electron chi connectivity index (χ2n) is 8.18. The Labute approximate surface area is 185 Å². The van der Waals surface area contributed by atoms with Crippen molar-refractivity contribution >= 4 is 11.9 Å². The molecule has 2 aliphatic rings. The first-order chi connectivity index (χ1) is 15.3. The molecule has 1 aliphatic heterocycles. The summed E-state index contributed by atoms with van der Waals surface area (Å²) in [7, 11) is 0. The Morgan fingerprint density at radius 1 is 1.06 bits per heavy atom. The molecule has 0 radical (unpaired) electrons. The van der Waals surface area contributed by atoms with Gasteiger partial charge >= 0.3 is 0 Å². The normalized spacial score (nSPS) is 17.8. The number of hydrogen-bond acceptors (Lipinski definition) is 5. The van der Waals surface area contributed by atoms with Gasteiger partial charge in [-0.1, -0.05) is 12.1 Å². The summed E-state index contributed by atoms with van der Waals surface area (Å²) in [5, 5.41) is 3.45. The fraction of sp³-hybridized carbons (Fsp3) is 0.542. The van der Waals surface area contributed by atoms with Gasteiger partial charge in [0.1, 0.15) is 5.75 Å². The average Bonchev–Trinajstić information content (AvgIpc) is 3.33. The molecule has 1 aromatic carbocycles. The van der Waals surface area contributed by atoms with E-state index in [4.69, 9.17) is 9.73 Å². The first kappa shape index (κ1) is 21.4. The lowest BCUT2D eigenvalue weighted by molar-refractivity contribution is 0.210.